The number of anilines is 1. The summed E-state index contributed by atoms with van der Waals surface area (Å²) in [4.78, 5) is 10.8. The number of hydrogen-bond acceptors (Lipinski definition) is 4. The van der Waals surface area contributed by atoms with Crippen molar-refractivity contribution in [3.05, 3.63) is 59.8 Å². The van der Waals surface area contributed by atoms with Gasteiger partial charge >= 0.3 is 0 Å². The molecule has 4 heteroatoms. The first kappa shape index (κ1) is 12.7. The lowest BCUT2D eigenvalue weighted by Crippen LogP contribution is -1.93. The van der Waals surface area contributed by atoms with Crippen molar-refractivity contribution in [2.24, 2.45) is 0 Å². The van der Waals surface area contributed by atoms with E-state index in [-0.39, 0.29) is 11.5 Å². The van der Waals surface area contributed by atoms with Gasteiger partial charge in [-0.05, 0) is 42.0 Å². The quantitative estimate of drug-likeness (QED) is 0.580. The highest BCUT2D eigenvalue weighted by atomic mass is 16.3. The highest BCUT2D eigenvalue weighted by molar-refractivity contribution is 5.85. The van der Waals surface area contributed by atoms with Crippen LogP contribution >= 0.6 is 0 Å². The monoisotopic (exact) mass is 255 g/mol. The van der Waals surface area contributed by atoms with E-state index in [0.29, 0.717) is 17.5 Å². The molecule has 0 saturated carbocycles. The molecule has 0 aliphatic heterocycles. The summed E-state index contributed by atoms with van der Waals surface area (Å²) in [5.41, 5.74) is 1.91. The summed E-state index contributed by atoms with van der Waals surface area (Å²) in [5.74, 6) is 0.266. The molecule has 0 aliphatic carbocycles. The van der Waals surface area contributed by atoms with E-state index in [2.05, 4.69) is 5.32 Å². The molecular weight excluding hydrogens is 242 g/mol. The van der Waals surface area contributed by atoms with Crippen LogP contribution in [0.15, 0.2) is 48.7 Å². The van der Waals surface area contributed by atoms with Crippen LogP contribution in [-0.2, 0) is 0 Å². The summed E-state index contributed by atoms with van der Waals surface area (Å²) in [6.45, 7) is 0. The largest absolute Gasteiger partial charge is 0.508 e. The number of phenols is 2. The van der Waals surface area contributed by atoms with Gasteiger partial charge in [-0.3, -0.25) is 4.79 Å². The number of hydrogen-bond donors (Lipinski definition) is 3. The lowest BCUT2D eigenvalue weighted by molar-refractivity contribution is 0.112. The fourth-order valence-corrected chi connectivity index (χ4v) is 1.59. The van der Waals surface area contributed by atoms with Gasteiger partial charge in [-0.1, -0.05) is 12.1 Å². The molecule has 0 saturated heterocycles. The van der Waals surface area contributed by atoms with Gasteiger partial charge < -0.3 is 15.5 Å². The molecule has 96 valence electrons. The zero-order valence-electron chi connectivity index (χ0n) is 10.1. The van der Waals surface area contributed by atoms with Crippen LogP contribution in [0.3, 0.4) is 0 Å². The number of aldehydes is 1. The maximum Gasteiger partial charge on any atom is 0.152 e. The summed E-state index contributed by atoms with van der Waals surface area (Å²) in [7, 11) is 0. The molecular formula is C15H13NO3. The van der Waals surface area contributed by atoms with Crippen LogP contribution < -0.4 is 5.32 Å². The predicted octanol–water partition coefficient (Wildman–Crippen LogP) is 2.99. The van der Waals surface area contributed by atoms with Crippen LogP contribution in [0.5, 0.6) is 11.5 Å². The molecule has 3 N–H and O–H groups in total. The molecule has 0 amide bonds. The number of aromatic hydroxyl groups is 2. The fraction of sp³-hybridized carbons (Fsp3) is 0. The molecule has 2 aromatic carbocycles. The molecule has 0 fully saturated rings. The molecule has 2 aromatic rings. The average molecular weight is 255 g/mol. The molecule has 19 heavy (non-hydrogen) atoms. The Kier molecular flexibility index (Phi) is 3.83. The van der Waals surface area contributed by atoms with E-state index in [1.165, 1.54) is 12.1 Å². The second-order valence-electron chi connectivity index (χ2n) is 3.96. The Morgan fingerprint density at radius 3 is 2.32 bits per heavy atom. The van der Waals surface area contributed by atoms with Gasteiger partial charge in [0.25, 0.3) is 0 Å². The van der Waals surface area contributed by atoms with E-state index in [0.717, 1.165) is 5.56 Å². The van der Waals surface area contributed by atoms with Crippen molar-refractivity contribution in [1.29, 1.82) is 0 Å². The first-order valence-corrected chi connectivity index (χ1v) is 5.69. The third-order valence-corrected chi connectivity index (χ3v) is 2.57. The van der Waals surface area contributed by atoms with E-state index >= 15 is 0 Å². The molecule has 2 rings (SSSR count). The Labute approximate surface area is 110 Å². The maximum atomic E-state index is 10.8. The number of carbonyl (C=O) groups excluding carboxylic acids is 1. The standard InChI is InChI=1S/C15H13NO3/c17-10-12-9-14(19)5-6-15(12)16-8-7-11-1-3-13(18)4-2-11/h1-10,16,18-19H/b8-7+. The lowest BCUT2D eigenvalue weighted by Gasteiger charge is -2.04. The van der Waals surface area contributed by atoms with Gasteiger partial charge in [0.2, 0.25) is 0 Å². The molecule has 0 aromatic heterocycles. The minimum absolute atomic E-state index is 0.0511. The molecule has 0 aliphatic rings. The Morgan fingerprint density at radius 1 is 0.947 bits per heavy atom. The highest BCUT2D eigenvalue weighted by Gasteiger charge is 2.00. The van der Waals surface area contributed by atoms with Crippen LogP contribution in [0.1, 0.15) is 15.9 Å². The average Bonchev–Trinajstić information content (AvgIpc) is 2.42. The smallest absolute Gasteiger partial charge is 0.152 e. The van der Waals surface area contributed by atoms with Crippen molar-refractivity contribution in [3.8, 4) is 11.5 Å². The van der Waals surface area contributed by atoms with Crippen molar-refractivity contribution in [1.82, 2.24) is 0 Å². The van der Waals surface area contributed by atoms with E-state index in [9.17, 15) is 9.90 Å². The third kappa shape index (κ3) is 3.35. The number of phenolic OH excluding ortho intramolecular Hbond substituents is 2. The van der Waals surface area contributed by atoms with Crippen molar-refractivity contribution in [2.75, 3.05) is 5.32 Å². The Morgan fingerprint density at radius 2 is 1.63 bits per heavy atom. The number of nitrogens with one attached hydrogen (secondary N) is 1. The number of carbonyl (C=O) groups is 1. The summed E-state index contributed by atoms with van der Waals surface area (Å²) < 4.78 is 0. The van der Waals surface area contributed by atoms with Crippen molar-refractivity contribution in [2.45, 2.75) is 0 Å². The van der Waals surface area contributed by atoms with Gasteiger partial charge in [-0.25, -0.2) is 0 Å². The minimum atomic E-state index is 0.0511. The van der Waals surface area contributed by atoms with Crippen LogP contribution in [0.4, 0.5) is 5.69 Å². The first-order valence-electron chi connectivity index (χ1n) is 5.69. The highest BCUT2D eigenvalue weighted by Crippen LogP contribution is 2.20. The molecule has 0 spiro atoms. The van der Waals surface area contributed by atoms with Gasteiger partial charge in [-0.15, -0.1) is 0 Å². The van der Waals surface area contributed by atoms with Gasteiger partial charge in [0, 0.05) is 17.5 Å². The molecule has 0 bridgehead atoms. The van der Waals surface area contributed by atoms with Crippen LogP contribution in [0.25, 0.3) is 6.08 Å². The normalized spacial score (nSPS) is 10.5. The van der Waals surface area contributed by atoms with Crippen LogP contribution in [0.2, 0.25) is 0 Å². The summed E-state index contributed by atoms with van der Waals surface area (Å²) in [5, 5.41) is 21.4. The SMILES string of the molecule is O=Cc1cc(O)ccc1N/C=C/c1ccc(O)cc1. The van der Waals surface area contributed by atoms with Crippen molar-refractivity contribution < 1.29 is 15.0 Å². The zero-order chi connectivity index (χ0) is 13.7. The Hall–Kier alpha value is -2.75. The second kappa shape index (κ2) is 5.73. The first-order chi connectivity index (χ1) is 9.19. The summed E-state index contributed by atoms with van der Waals surface area (Å²) in [6, 6.07) is 11.2. The Bertz CT molecular complexity index is 603. The zero-order valence-corrected chi connectivity index (χ0v) is 10.1. The minimum Gasteiger partial charge on any atom is -0.508 e. The second-order valence-corrected chi connectivity index (χ2v) is 3.96. The van der Waals surface area contributed by atoms with Gasteiger partial charge in [0.05, 0.1) is 0 Å². The predicted molar refractivity (Wildman–Crippen MR) is 74.3 cm³/mol. The van der Waals surface area contributed by atoms with E-state index < -0.39 is 0 Å². The van der Waals surface area contributed by atoms with Crippen LogP contribution in [-0.4, -0.2) is 16.5 Å². The van der Waals surface area contributed by atoms with Gasteiger partial charge in [0.1, 0.15) is 11.5 Å². The van der Waals surface area contributed by atoms with E-state index in [4.69, 9.17) is 5.11 Å². The van der Waals surface area contributed by atoms with Gasteiger partial charge in [0.15, 0.2) is 6.29 Å². The molecule has 0 radical (unpaired) electrons. The van der Waals surface area contributed by atoms with Gasteiger partial charge in [-0.2, -0.15) is 0 Å². The van der Waals surface area contributed by atoms with Crippen molar-refractivity contribution in [3.63, 3.8) is 0 Å². The molecule has 4 nitrogen and oxygen atoms in total. The number of benzene rings is 2. The van der Waals surface area contributed by atoms with E-state index in [1.54, 1.807) is 42.6 Å². The van der Waals surface area contributed by atoms with Crippen LogP contribution in [0, 0.1) is 0 Å². The van der Waals surface area contributed by atoms with E-state index in [1.807, 2.05) is 0 Å². The topological polar surface area (TPSA) is 69.6 Å². The third-order valence-electron chi connectivity index (χ3n) is 2.57. The summed E-state index contributed by atoms with van der Waals surface area (Å²) in [6.07, 6.45) is 4.17. The lowest BCUT2D eigenvalue weighted by atomic mass is 10.2. The Balaban J connectivity index is 2.10. The summed E-state index contributed by atoms with van der Waals surface area (Å²) >= 11 is 0. The molecule has 0 unspecified atom stereocenters. The molecule has 0 atom stereocenters. The van der Waals surface area contributed by atoms with Crippen molar-refractivity contribution >= 4 is 18.0 Å². The molecule has 0 heterocycles. The maximum absolute atomic E-state index is 10.8. The fourth-order valence-electron chi connectivity index (χ4n) is 1.59. The number of rotatable bonds is 4.